The Morgan fingerprint density at radius 1 is 1.00 bits per heavy atom. The number of allylic oxidation sites excluding steroid dienone is 1. The van der Waals surface area contributed by atoms with Gasteiger partial charge in [-0.3, -0.25) is 4.79 Å². The third-order valence-electron chi connectivity index (χ3n) is 5.02. The van der Waals surface area contributed by atoms with Gasteiger partial charge in [-0.25, -0.2) is 4.79 Å². The fourth-order valence-electron chi connectivity index (χ4n) is 3.42. The summed E-state index contributed by atoms with van der Waals surface area (Å²) < 4.78 is 22.1. The second kappa shape index (κ2) is 8.77. The summed E-state index contributed by atoms with van der Waals surface area (Å²) in [6.45, 7) is 1.72. The van der Waals surface area contributed by atoms with E-state index in [0.29, 0.717) is 50.3 Å². The van der Waals surface area contributed by atoms with Crippen LogP contribution in [0.4, 0.5) is 0 Å². The van der Waals surface area contributed by atoms with Crippen molar-refractivity contribution < 1.29 is 28.5 Å². The van der Waals surface area contributed by atoms with Crippen LogP contribution in [0.5, 0.6) is 23.0 Å². The quantitative estimate of drug-likeness (QED) is 0.290. The van der Waals surface area contributed by atoms with E-state index in [1.807, 2.05) is 0 Å². The Bertz CT molecular complexity index is 1260. The maximum Gasteiger partial charge on any atom is 0.343 e. The molecule has 3 aromatic carbocycles. The summed E-state index contributed by atoms with van der Waals surface area (Å²) in [4.78, 5) is 25.4. The van der Waals surface area contributed by atoms with Crippen molar-refractivity contribution in [3.05, 3.63) is 87.6 Å². The van der Waals surface area contributed by atoms with Crippen LogP contribution in [-0.2, 0) is 0 Å². The van der Waals surface area contributed by atoms with Gasteiger partial charge in [0.05, 0.1) is 25.3 Å². The van der Waals surface area contributed by atoms with E-state index in [1.165, 1.54) is 20.3 Å². The van der Waals surface area contributed by atoms with Crippen LogP contribution in [0.1, 0.15) is 31.8 Å². The second-order valence-corrected chi connectivity index (χ2v) is 7.42. The Kier molecular flexibility index (Phi) is 5.88. The molecule has 1 heterocycles. The average Bonchev–Trinajstić information content (AvgIpc) is 3.11. The number of hydrogen-bond acceptors (Lipinski definition) is 6. The molecular weight excluding hydrogens is 432 g/mol. The predicted molar refractivity (Wildman–Crippen MR) is 120 cm³/mol. The van der Waals surface area contributed by atoms with Crippen LogP contribution in [0, 0.1) is 6.92 Å². The Hall–Kier alpha value is -3.77. The highest BCUT2D eigenvalue weighted by molar-refractivity contribution is 6.30. The molecule has 4 rings (SSSR count). The van der Waals surface area contributed by atoms with Gasteiger partial charge >= 0.3 is 5.97 Å². The van der Waals surface area contributed by atoms with Crippen LogP contribution < -0.4 is 18.9 Å². The highest BCUT2D eigenvalue weighted by atomic mass is 35.5. The number of ether oxygens (including phenoxy) is 4. The van der Waals surface area contributed by atoms with Gasteiger partial charge < -0.3 is 18.9 Å². The number of carbonyl (C=O) groups excluding carboxylic acids is 2. The predicted octanol–water partition coefficient (Wildman–Crippen LogP) is 5.50. The largest absolute Gasteiger partial charge is 0.493 e. The molecule has 6 nitrogen and oxygen atoms in total. The molecule has 0 saturated carbocycles. The lowest BCUT2D eigenvalue weighted by atomic mass is 10.1. The summed E-state index contributed by atoms with van der Waals surface area (Å²) in [6, 6.07) is 15.0. The molecule has 32 heavy (non-hydrogen) atoms. The van der Waals surface area contributed by atoms with Crippen LogP contribution in [0.25, 0.3) is 6.08 Å². The van der Waals surface area contributed by atoms with Crippen LogP contribution in [0.15, 0.2) is 60.4 Å². The van der Waals surface area contributed by atoms with E-state index in [0.717, 1.165) is 0 Å². The Morgan fingerprint density at radius 3 is 2.50 bits per heavy atom. The number of esters is 1. The van der Waals surface area contributed by atoms with Gasteiger partial charge in [-0.1, -0.05) is 29.8 Å². The molecule has 0 aliphatic carbocycles. The molecule has 3 aromatic rings. The summed E-state index contributed by atoms with van der Waals surface area (Å²) in [5, 5.41) is 0.432. The van der Waals surface area contributed by atoms with Crippen LogP contribution >= 0.6 is 11.6 Å². The Morgan fingerprint density at radius 2 is 1.78 bits per heavy atom. The van der Waals surface area contributed by atoms with Crippen molar-refractivity contribution in [2.45, 2.75) is 6.92 Å². The minimum atomic E-state index is -0.559. The van der Waals surface area contributed by atoms with Gasteiger partial charge in [0.25, 0.3) is 0 Å². The van der Waals surface area contributed by atoms with Gasteiger partial charge in [-0.15, -0.1) is 0 Å². The molecule has 0 aromatic heterocycles. The van der Waals surface area contributed by atoms with E-state index in [1.54, 1.807) is 61.5 Å². The Labute approximate surface area is 189 Å². The van der Waals surface area contributed by atoms with E-state index in [9.17, 15) is 9.59 Å². The van der Waals surface area contributed by atoms with Crippen LogP contribution in [0.3, 0.4) is 0 Å². The van der Waals surface area contributed by atoms with Crippen LogP contribution in [0.2, 0.25) is 5.02 Å². The molecule has 0 N–H and O–H groups in total. The number of para-hydroxylation sites is 1. The molecule has 1 aliphatic rings. The zero-order valence-electron chi connectivity index (χ0n) is 17.6. The van der Waals surface area contributed by atoms with Gasteiger partial charge in [-0.2, -0.15) is 0 Å². The number of ketones is 1. The molecule has 0 fully saturated rings. The SMILES string of the molecule is COc1cccc(/C=C2\Oc3c(ccc(OC(=O)c4cccc(Cl)c4)c3C)C2=O)c1OC. The van der Waals surface area contributed by atoms with Crippen molar-refractivity contribution in [2.75, 3.05) is 14.2 Å². The van der Waals surface area contributed by atoms with E-state index in [4.69, 9.17) is 30.5 Å². The molecular formula is C25H19ClO6. The van der Waals surface area contributed by atoms with Gasteiger partial charge in [0.2, 0.25) is 5.78 Å². The lowest BCUT2D eigenvalue weighted by Crippen LogP contribution is -2.09. The molecule has 162 valence electrons. The lowest BCUT2D eigenvalue weighted by Gasteiger charge is -2.11. The van der Waals surface area contributed by atoms with E-state index in [2.05, 4.69) is 0 Å². The van der Waals surface area contributed by atoms with Gasteiger partial charge in [0.1, 0.15) is 11.5 Å². The van der Waals surface area contributed by atoms with Gasteiger partial charge in [-0.05, 0) is 49.4 Å². The number of fused-ring (bicyclic) bond motifs is 1. The number of halogens is 1. The van der Waals surface area contributed by atoms with E-state index < -0.39 is 5.97 Å². The molecule has 7 heteroatoms. The third kappa shape index (κ3) is 3.92. The first-order valence-electron chi connectivity index (χ1n) is 9.69. The van der Waals surface area contributed by atoms with Crippen molar-refractivity contribution in [1.82, 2.24) is 0 Å². The number of hydrogen-bond donors (Lipinski definition) is 0. The van der Waals surface area contributed by atoms with Crippen LogP contribution in [-0.4, -0.2) is 26.0 Å². The molecule has 0 radical (unpaired) electrons. The first-order valence-corrected chi connectivity index (χ1v) is 10.1. The normalized spacial score (nSPS) is 13.5. The maximum atomic E-state index is 12.9. The summed E-state index contributed by atoms with van der Waals surface area (Å²) in [5.41, 5.74) is 1.87. The summed E-state index contributed by atoms with van der Waals surface area (Å²) in [7, 11) is 3.06. The zero-order chi connectivity index (χ0) is 22.8. The number of benzene rings is 3. The summed E-state index contributed by atoms with van der Waals surface area (Å²) in [6.07, 6.45) is 1.60. The van der Waals surface area contributed by atoms with Gasteiger partial charge in [0.15, 0.2) is 17.3 Å². The fraction of sp³-hybridized carbons (Fsp3) is 0.120. The highest BCUT2D eigenvalue weighted by Gasteiger charge is 2.31. The summed E-state index contributed by atoms with van der Waals surface area (Å²) in [5.74, 6) is 0.964. The number of rotatable bonds is 5. The second-order valence-electron chi connectivity index (χ2n) is 6.99. The van der Waals surface area contributed by atoms with Crippen molar-refractivity contribution >= 4 is 29.4 Å². The van der Waals surface area contributed by atoms with Crippen molar-refractivity contribution in [3.8, 4) is 23.0 Å². The minimum Gasteiger partial charge on any atom is -0.493 e. The molecule has 0 saturated heterocycles. The molecule has 0 atom stereocenters. The fourth-order valence-corrected chi connectivity index (χ4v) is 3.61. The third-order valence-corrected chi connectivity index (χ3v) is 5.25. The van der Waals surface area contributed by atoms with Crippen molar-refractivity contribution in [2.24, 2.45) is 0 Å². The van der Waals surface area contributed by atoms with Crippen molar-refractivity contribution in [1.29, 1.82) is 0 Å². The zero-order valence-corrected chi connectivity index (χ0v) is 18.4. The molecule has 0 bridgehead atoms. The molecule has 1 aliphatic heterocycles. The van der Waals surface area contributed by atoms with Crippen molar-refractivity contribution in [3.63, 3.8) is 0 Å². The number of methoxy groups -OCH3 is 2. The topological polar surface area (TPSA) is 71.1 Å². The standard InChI is InChI=1S/C25H19ClO6/c1-14-19(32-25(28)16-7-4-8-17(26)12-16)11-10-18-22(27)21(31-23(14)18)13-15-6-5-9-20(29-2)24(15)30-3/h4-13H,1-3H3/b21-13-. The average molecular weight is 451 g/mol. The summed E-state index contributed by atoms with van der Waals surface area (Å²) >= 11 is 5.95. The van der Waals surface area contributed by atoms with Gasteiger partial charge in [0, 0.05) is 16.1 Å². The minimum absolute atomic E-state index is 0.132. The highest BCUT2D eigenvalue weighted by Crippen LogP contribution is 2.40. The molecule has 0 unspecified atom stereocenters. The maximum absolute atomic E-state index is 12.9. The number of carbonyl (C=O) groups is 2. The first kappa shape index (κ1) is 21.5. The number of Topliss-reactive ketones (excluding diaryl/α,β-unsaturated/α-hetero) is 1. The monoisotopic (exact) mass is 450 g/mol. The molecule has 0 spiro atoms. The lowest BCUT2D eigenvalue weighted by molar-refractivity contribution is 0.0733. The van der Waals surface area contributed by atoms with E-state index in [-0.39, 0.29) is 11.5 Å². The first-order chi connectivity index (χ1) is 15.4. The Balaban J connectivity index is 1.64. The van der Waals surface area contributed by atoms with E-state index >= 15 is 0 Å². The molecule has 0 amide bonds. The smallest absolute Gasteiger partial charge is 0.343 e.